The number of halogens is 1. The fourth-order valence-electron chi connectivity index (χ4n) is 2.51. The Hall–Kier alpha value is -0.390. The predicted octanol–water partition coefficient (Wildman–Crippen LogP) is 2.83. The third-order valence-corrected chi connectivity index (χ3v) is 5.33. The zero-order valence-electron chi connectivity index (χ0n) is 10.4. The summed E-state index contributed by atoms with van der Waals surface area (Å²) >= 11 is 5.11. The van der Waals surface area contributed by atoms with Crippen molar-refractivity contribution < 1.29 is 4.79 Å². The van der Waals surface area contributed by atoms with E-state index in [-0.39, 0.29) is 11.4 Å². The molecule has 0 unspecified atom stereocenters. The Morgan fingerprint density at radius 3 is 2.78 bits per heavy atom. The van der Waals surface area contributed by atoms with E-state index in [1.54, 1.807) is 11.3 Å². The van der Waals surface area contributed by atoms with Crippen molar-refractivity contribution in [1.82, 2.24) is 5.32 Å². The number of rotatable bonds is 5. The lowest BCUT2D eigenvalue weighted by molar-refractivity contribution is -0.122. The molecular formula is C13H19BrN2OS. The van der Waals surface area contributed by atoms with Gasteiger partial charge in [-0.1, -0.05) is 12.8 Å². The summed E-state index contributed by atoms with van der Waals surface area (Å²) in [7, 11) is 0. The number of nitrogens with two attached hydrogens (primary N) is 1. The smallest absolute Gasteiger partial charge is 0.220 e. The van der Waals surface area contributed by atoms with Crippen molar-refractivity contribution in [1.29, 1.82) is 0 Å². The first-order valence-corrected chi connectivity index (χ1v) is 8.05. The number of hydrogen-bond acceptors (Lipinski definition) is 3. The normalized spacial score (nSPS) is 17.9. The molecule has 1 aliphatic rings. The molecule has 0 saturated heterocycles. The fraction of sp³-hybridized carbons (Fsp3) is 0.615. The molecule has 0 atom stereocenters. The SMILES string of the molecule is NCC1(NC(=O)CCc2cc(Br)cs2)CCCC1. The molecule has 0 radical (unpaired) electrons. The van der Waals surface area contributed by atoms with Crippen LogP contribution in [-0.2, 0) is 11.2 Å². The minimum Gasteiger partial charge on any atom is -0.349 e. The molecule has 1 aromatic rings. The van der Waals surface area contributed by atoms with Crippen LogP contribution < -0.4 is 11.1 Å². The van der Waals surface area contributed by atoms with Gasteiger partial charge in [-0.05, 0) is 41.3 Å². The third kappa shape index (κ3) is 3.56. The number of carbonyl (C=O) groups excluding carboxylic acids is 1. The molecule has 2 rings (SSSR count). The highest BCUT2D eigenvalue weighted by molar-refractivity contribution is 9.10. The Labute approximate surface area is 120 Å². The molecular weight excluding hydrogens is 312 g/mol. The summed E-state index contributed by atoms with van der Waals surface area (Å²) < 4.78 is 1.09. The van der Waals surface area contributed by atoms with E-state index in [0.29, 0.717) is 13.0 Å². The molecule has 0 aromatic carbocycles. The predicted molar refractivity (Wildman–Crippen MR) is 78.7 cm³/mol. The van der Waals surface area contributed by atoms with E-state index in [1.165, 1.54) is 17.7 Å². The average molecular weight is 331 g/mol. The molecule has 3 nitrogen and oxygen atoms in total. The molecule has 1 aliphatic carbocycles. The number of nitrogens with one attached hydrogen (secondary N) is 1. The van der Waals surface area contributed by atoms with Gasteiger partial charge in [0.15, 0.2) is 0 Å². The quantitative estimate of drug-likeness (QED) is 0.872. The average Bonchev–Trinajstić information content (AvgIpc) is 2.97. The van der Waals surface area contributed by atoms with Gasteiger partial charge in [0.05, 0.1) is 5.54 Å². The van der Waals surface area contributed by atoms with E-state index >= 15 is 0 Å². The van der Waals surface area contributed by atoms with Crippen LogP contribution in [0.25, 0.3) is 0 Å². The van der Waals surface area contributed by atoms with Crippen LogP contribution in [0.3, 0.4) is 0 Å². The second-order valence-corrected chi connectivity index (χ2v) is 6.88. The molecule has 1 fully saturated rings. The first kappa shape index (κ1) is 14.0. The summed E-state index contributed by atoms with van der Waals surface area (Å²) in [6, 6.07) is 2.08. The van der Waals surface area contributed by atoms with Crippen LogP contribution in [0.5, 0.6) is 0 Å². The maximum absolute atomic E-state index is 12.0. The van der Waals surface area contributed by atoms with Gasteiger partial charge in [-0.15, -0.1) is 11.3 Å². The summed E-state index contributed by atoms with van der Waals surface area (Å²) in [5, 5.41) is 5.20. The minimum absolute atomic E-state index is 0.118. The lowest BCUT2D eigenvalue weighted by Crippen LogP contribution is -2.51. The number of aryl methyl sites for hydroxylation is 1. The topological polar surface area (TPSA) is 55.1 Å². The number of carbonyl (C=O) groups is 1. The van der Waals surface area contributed by atoms with E-state index in [2.05, 4.69) is 27.3 Å². The van der Waals surface area contributed by atoms with Crippen LogP contribution >= 0.6 is 27.3 Å². The summed E-state index contributed by atoms with van der Waals surface area (Å²) in [5.74, 6) is 0.131. The fourth-order valence-corrected chi connectivity index (χ4v) is 3.97. The van der Waals surface area contributed by atoms with Gasteiger partial charge in [0.2, 0.25) is 5.91 Å². The number of thiophene rings is 1. The largest absolute Gasteiger partial charge is 0.349 e. The van der Waals surface area contributed by atoms with Gasteiger partial charge in [0.1, 0.15) is 0 Å². The summed E-state index contributed by atoms with van der Waals surface area (Å²) in [6.07, 6.45) is 5.77. The highest BCUT2D eigenvalue weighted by atomic mass is 79.9. The minimum atomic E-state index is -0.118. The Morgan fingerprint density at radius 1 is 1.50 bits per heavy atom. The van der Waals surface area contributed by atoms with Gasteiger partial charge in [0, 0.05) is 27.7 Å². The summed E-state index contributed by atoms with van der Waals surface area (Å²) in [6.45, 7) is 0.559. The zero-order chi connectivity index (χ0) is 13.0. The molecule has 5 heteroatoms. The summed E-state index contributed by atoms with van der Waals surface area (Å²) in [5.41, 5.74) is 5.69. The zero-order valence-corrected chi connectivity index (χ0v) is 12.8. The van der Waals surface area contributed by atoms with Crippen LogP contribution in [0.1, 0.15) is 37.0 Å². The Morgan fingerprint density at radius 2 is 2.22 bits per heavy atom. The van der Waals surface area contributed by atoms with Crippen LogP contribution in [0.2, 0.25) is 0 Å². The Bertz CT molecular complexity index is 413. The maximum atomic E-state index is 12.0. The maximum Gasteiger partial charge on any atom is 0.220 e. The first-order chi connectivity index (χ1) is 8.63. The molecule has 1 amide bonds. The van der Waals surface area contributed by atoms with E-state index in [0.717, 1.165) is 23.7 Å². The molecule has 0 spiro atoms. The van der Waals surface area contributed by atoms with Crippen molar-refractivity contribution in [3.05, 3.63) is 20.8 Å². The second kappa shape index (κ2) is 6.17. The Kier molecular flexibility index (Phi) is 4.81. The summed E-state index contributed by atoms with van der Waals surface area (Å²) in [4.78, 5) is 13.2. The van der Waals surface area contributed by atoms with Gasteiger partial charge < -0.3 is 11.1 Å². The molecule has 0 aliphatic heterocycles. The van der Waals surface area contributed by atoms with Crippen LogP contribution in [-0.4, -0.2) is 18.0 Å². The monoisotopic (exact) mass is 330 g/mol. The van der Waals surface area contributed by atoms with E-state index in [9.17, 15) is 4.79 Å². The van der Waals surface area contributed by atoms with Gasteiger partial charge in [-0.2, -0.15) is 0 Å². The molecule has 3 N–H and O–H groups in total. The van der Waals surface area contributed by atoms with Gasteiger partial charge in [0.25, 0.3) is 0 Å². The number of amides is 1. The van der Waals surface area contributed by atoms with Crippen molar-refractivity contribution in [2.24, 2.45) is 5.73 Å². The van der Waals surface area contributed by atoms with Gasteiger partial charge in [-0.3, -0.25) is 4.79 Å². The van der Waals surface area contributed by atoms with E-state index in [4.69, 9.17) is 5.73 Å². The highest BCUT2D eigenvalue weighted by Crippen LogP contribution is 2.28. The van der Waals surface area contributed by atoms with Crippen LogP contribution in [0.4, 0.5) is 0 Å². The van der Waals surface area contributed by atoms with E-state index in [1.807, 2.05) is 5.38 Å². The van der Waals surface area contributed by atoms with Crippen LogP contribution in [0, 0.1) is 0 Å². The molecule has 100 valence electrons. The lowest BCUT2D eigenvalue weighted by atomic mass is 9.97. The molecule has 18 heavy (non-hydrogen) atoms. The first-order valence-electron chi connectivity index (χ1n) is 6.37. The van der Waals surface area contributed by atoms with Gasteiger partial charge in [-0.25, -0.2) is 0 Å². The molecule has 1 aromatic heterocycles. The highest BCUT2D eigenvalue weighted by Gasteiger charge is 2.33. The Balaban J connectivity index is 1.81. The van der Waals surface area contributed by atoms with Crippen molar-refractivity contribution in [3.63, 3.8) is 0 Å². The van der Waals surface area contributed by atoms with Gasteiger partial charge >= 0.3 is 0 Å². The molecule has 1 heterocycles. The number of hydrogen-bond donors (Lipinski definition) is 2. The second-order valence-electron chi connectivity index (χ2n) is 4.97. The van der Waals surface area contributed by atoms with Crippen LogP contribution in [0.15, 0.2) is 15.9 Å². The van der Waals surface area contributed by atoms with Crippen molar-refractivity contribution in [3.8, 4) is 0 Å². The van der Waals surface area contributed by atoms with Crippen molar-refractivity contribution in [2.75, 3.05) is 6.54 Å². The van der Waals surface area contributed by atoms with Crippen molar-refractivity contribution in [2.45, 2.75) is 44.1 Å². The standard InChI is InChI=1S/C13H19BrN2OS/c14-10-7-11(18-8-10)3-4-12(17)16-13(9-15)5-1-2-6-13/h7-8H,1-6,9,15H2,(H,16,17). The van der Waals surface area contributed by atoms with Crippen molar-refractivity contribution >= 4 is 33.2 Å². The molecule has 1 saturated carbocycles. The van der Waals surface area contributed by atoms with E-state index < -0.39 is 0 Å². The molecule has 0 bridgehead atoms. The lowest BCUT2D eigenvalue weighted by Gasteiger charge is -2.28. The third-order valence-electron chi connectivity index (χ3n) is 3.58.